The minimum atomic E-state index is -0.262. The highest BCUT2D eigenvalue weighted by Gasteiger charge is 2.01. The van der Waals surface area contributed by atoms with Crippen molar-refractivity contribution >= 4 is 37.5 Å². The van der Waals surface area contributed by atoms with Gasteiger partial charge in [0.15, 0.2) is 0 Å². The zero-order valence-electron chi connectivity index (χ0n) is 8.88. The van der Waals surface area contributed by atoms with Crippen LogP contribution in [0.4, 0.5) is 10.1 Å². The molecule has 0 saturated carbocycles. The summed E-state index contributed by atoms with van der Waals surface area (Å²) in [6.45, 7) is 0.655. The largest absolute Gasteiger partial charge is 0.381 e. The molecular weight excluding hydrogens is 349 g/mol. The lowest BCUT2D eigenvalue weighted by Gasteiger charge is -2.08. The van der Waals surface area contributed by atoms with Gasteiger partial charge < -0.3 is 5.32 Å². The number of hydrogen-bond donors (Lipinski definition) is 1. The molecule has 2 rings (SSSR count). The average Bonchev–Trinajstić information content (AvgIpc) is 2.32. The van der Waals surface area contributed by atoms with Crippen LogP contribution in [-0.2, 0) is 6.54 Å². The Labute approximate surface area is 116 Å². The Morgan fingerprint density at radius 1 is 1.00 bits per heavy atom. The van der Waals surface area contributed by atoms with Crippen LogP contribution in [0.1, 0.15) is 5.56 Å². The van der Waals surface area contributed by atoms with Crippen molar-refractivity contribution in [1.29, 1.82) is 0 Å². The summed E-state index contributed by atoms with van der Waals surface area (Å²) in [5.41, 5.74) is 1.90. The number of nitrogens with one attached hydrogen (secondary N) is 1. The molecule has 1 N–H and O–H groups in total. The second-order valence-electron chi connectivity index (χ2n) is 3.57. The predicted octanol–water partition coefficient (Wildman–Crippen LogP) is 4.96. The SMILES string of the molecule is Fc1cc(NCc2ccccc2Br)ccc1Br. The van der Waals surface area contributed by atoms with E-state index >= 15 is 0 Å². The van der Waals surface area contributed by atoms with Crippen molar-refractivity contribution in [2.75, 3.05) is 5.32 Å². The van der Waals surface area contributed by atoms with Gasteiger partial charge in [0.25, 0.3) is 0 Å². The fraction of sp³-hybridized carbons (Fsp3) is 0.0769. The van der Waals surface area contributed by atoms with Crippen molar-refractivity contribution in [3.8, 4) is 0 Å². The fourth-order valence-electron chi connectivity index (χ4n) is 1.45. The number of halogens is 3. The summed E-state index contributed by atoms with van der Waals surface area (Å²) in [7, 11) is 0. The van der Waals surface area contributed by atoms with Crippen LogP contribution in [0.2, 0.25) is 0 Å². The Balaban J connectivity index is 2.08. The Bertz CT molecular complexity index is 529. The highest BCUT2D eigenvalue weighted by molar-refractivity contribution is 9.10. The van der Waals surface area contributed by atoms with E-state index in [1.807, 2.05) is 30.3 Å². The van der Waals surface area contributed by atoms with Crippen LogP contribution in [0.3, 0.4) is 0 Å². The number of rotatable bonds is 3. The lowest BCUT2D eigenvalue weighted by molar-refractivity contribution is 0.621. The molecule has 0 heterocycles. The molecule has 88 valence electrons. The summed E-state index contributed by atoms with van der Waals surface area (Å²) in [6, 6.07) is 12.9. The van der Waals surface area contributed by atoms with E-state index in [4.69, 9.17) is 0 Å². The van der Waals surface area contributed by atoms with E-state index in [0.717, 1.165) is 15.7 Å². The van der Waals surface area contributed by atoms with Gasteiger partial charge in [0.2, 0.25) is 0 Å². The monoisotopic (exact) mass is 357 g/mol. The molecule has 0 amide bonds. The van der Waals surface area contributed by atoms with E-state index in [2.05, 4.69) is 37.2 Å². The summed E-state index contributed by atoms with van der Waals surface area (Å²) in [5, 5.41) is 3.18. The van der Waals surface area contributed by atoms with Gasteiger partial charge in [-0.2, -0.15) is 0 Å². The molecule has 0 aliphatic rings. The zero-order chi connectivity index (χ0) is 12.3. The van der Waals surface area contributed by atoms with Crippen molar-refractivity contribution < 1.29 is 4.39 Å². The molecule has 2 aromatic rings. The van der Waals surface area contributed by atoms with E-state index < -0.39 is 0 Å². The Morgan fingerprint density at radius 3 is 2.47 bits per heavy atom. The van der Waals surface area contributed by atoms with E-state index in [1.165, 1.54) is 6.07 Å². The molecule has 0 spiro atoms. The molecule has 1 nitrogen and oxygen atoms in total. The third-order valence-corrected chi connectivity index (χ3v) is 3.78. The van der Waals surface area contributed by atoms with E-state index in [0.29, 0.717) is 11.0 Å². The highest BCUT2D eigenvalue weighted by Crippen LogP contribution is 2.21. The van der Waals surface area contributed by atoms with Crippen LogP contribution in [0.15, 0.2) is 51.4 Å². The quantitative estimate of drug-likeness (QED) is 0.817. The van der Waals surface area contributed by atoms with Crippen molar-refractivity contribution in [3.63, 3.8) is 0 Å². The topological polar surface area (TPSA) is 12.0 Å². The van der Waals surface area contributed by atoms with Crippen LogP contribution in [0, 0.1) is 5.82 Å². The second kappa shape index (κ2) is 5.65. The van der Waals surface area contributed by atoms with Crippen LogP contribution in [0.25, 0.3) is 0 Å². The highest BCUT2D eigenvalue weighted by atomic mass is 79.9. The first-order valence-electron chi connectivity index (χ1n) is 5.09. The summed E-state index contributed by atoms with van der Waals surface area (Å²) in [6.07, 6.45) is 0. The van der Waals surface area contributed by atoms with Gasteiger partial charge in [-0.3, -0.25) is 0 Å². The standard InChI is InChI=1S/C13H10Br2FN/c14-11-4-2-1-3-9(11)8-17-10-5-6-12(15)13(16)7-10/h1-7,17H,8H2. The normalized spacial score (nSPS) is 10.3. The van der Waals surface area contributed by atoms with Gasteiger partial charge in [-0.05, 0) is 45.8 Å². The minimum Gasteiger partial charge on any atom is -0.381 e. The molecule has 0 aliphatic carbocycles. The number of anilines is 1. The molecule has 0 aliphatic heterocycles. The van der Waals surface area contributed by atoms with Crippen molar-refractivity contribution in [2.45, 2.75) is 6.54 Å². The van der Waals surface area contributed by atoms with Gasteiger partial charge in [0.1, 0.15) is 5.82 Å². The molecule has 0 unspecified atom stereocenters. The maximum absolute atomic E-state index is 13.3. The average molecular weight is 359 g/mol. The van der Waals surface area contributed by atoms with Crippen LogP contribution >= 0.6 is 31.9 Å². The molecule has 0 saturated heterocycles. The number of benzene rings is 2. The first-order chi connectivity index (χ1) is 8.16. The van der Waals surface area contributed by atoms with Gasteiger partial charge in [-0.1, -0.05) is 34.1 Å². The molecule has 0 atom stereocenters. The summed E-state index contributed by atoms with van der Waals surface area (Å²) in [4.78, 5) is 0. The van der Waals surface area contributed by atoms with Crippen molar-refractivity contribution in [1.82, 2.24) is 0 Å². The summed E-state index contributed by atoms with van der Waals surface area (Å²) < 4.78 is 14.8. The van der Waals surface area contributed by atoms with E-state index in [-0.39, 0.29) is 5.82 Å². The molecular formula is C13H10Br2FN. The zero-order valence-corrected chi connectivity index (χ0v) is 12.1. The molecule has 0 radical (unpaired) electrons. The number of hydrogen-bond acceptors (Lipinski definition) is 1. The van der Waals surface area contributed by atoms with E-state index in [1.54, 1.807) is 6.07 Å². The molecule has 0 fully saturated rings. The second-order valence-corrected chi connectivity index (χ2v) is 5.28. The van der Waals surface area contributed by atoms with Crippen LogP contribution in [0.5, 0.6) is 0 Å². The fourth-order valence-corrected chi connectivity index (χ4v) is 2.12. The first-order valence-corrected chi connectivity index (χ1v) is 6.68. The van der Waals surface area contributed by atoms with Gasteiger partial charge >= 0.3 is 0 Å². The van der Waals surface area contributed by atoms with Gasteiger partial charge in [-0.15, -0.1) is 0 Å². The molecule has 17 heavy (non-hydrogen) atoms. The smallest absolute Gasteiger partial charge is 0.139 e. The third kappa shape index (κ3) is 3.30. The lowest BCUT2D eigenvalue weighted by Crippen LogP contribution is -2.00. The molecule has 2 aromatic carbocycles. The van der Waals surface area contributed by atoms with Crippen molar-refractivity contribution in [3.05, 3.63) is 62.8 Å². The lowest BCUT2D eigenvalue weighted by atomic mass is 10.2. The third-order valence-electron chi connectivity index (χ3n) is 2.36. The summed E-state index contributed by atoms with van der Waals surface area (Å²) >= 11 is 6.60. The van der Waals surface area contributed by atoms with E-state index in [9.17, 15) is 4.39 Å². The maximum Gasteiger partial charge on any atom is 0.139 e. The molecule has 4 heteroatoms. The van der Waals surface area contributed by atoms with Gasteiger partial charge in [0, 0.05) is 16.7 Å². The Morgan fingerprint density at radius 2 is 1.76 bits per heavy atom. The van der Waals surface area contributed by atoms with Gasteiger partial charge in [0.05, 0.1) is 4.47 Å². The maximum atomic E-state index is 13.3. The predicted molar refractivity (Wildman–Crippen MR) is 75.6 cm³/mol. The summed E-state index contributed by atoms with van der Waals surface area (Å²) in [5.74, 6) is -0.262. The molecule has 0 bridgehead atoms. The van der Waals surface area contributed by atoms with Crippen molar-refractivity contribution in [2.24, 2.45) is 0 Å². The first kappa shape index (κ1) is 12.6. The molecule has 0 aromatic heterocycles. The minimum absolute atomic E-state index is 0.262. The Kier molecular flexibility index (Phi) is 4.18. The van der Waals surface area contributed by atoms with Crippen LogP contribution < -0.4 is 5.32 Å². The van der Waals surface area contributed by atoms with Crippen LogP contribution in [-0.4, -0.2) is 0 Å². The Hall–Kier alpha value is -0.870. The van der Waals surface area contributed by atoms with Gasteiger partial charge in [-0.25, -0.2) is 4.39 Å².